The smallest absolute Gasteiger partial charge is 0.340 e. The molecule has 2 N–H and O–H groups in total. The Morgan fingerprint density at radius 3 is 2.94 bits per heavy atom. The highest BCUT2D eigenvalue weighted by atomic mass is 35.5. The van der Waals surface area contributed by atoms with Crippen LogP contribution in [0.4, 0.5) is 5.69 Å². The van der Waals surface area contributed by atoms with Crippen LogP contribution in [0.3, 0.4) is 0 Å². The number of anilines is 1. The lowest BCUT2D eigenvalue weighted by atomic mass is 9.88. The zero-order valence-corrected chi connectivity index (χ0v) is 11.1. The zero-order chi connectivity index (χ0) is 13.1. The minimum atomic E-state index is -0.407. The van der Waals surface area contributed by atoms with Gasteiger partial charge < -0.3 is 10.5 Å². The summed E-state index contributed by atoms with van der Waals surface area (Å²) in [6.07, 6.45) is 5.70. The summed E-state index contributed by atoms with van der Waals surface area (Å²) in [6.45, 7) is 2.11. The molecule has 2 rings (SSSR count). The van der Waals surface area contributed by atoms with E-state index in [1.165, 1.54) is 18.7 Å². The van der Waals surface area contributed by atoms with Crippen molar-refractivity contribution in [3.05, 3.63) is 23.0 Å². The van der Waals surface area contributed by atoms with Gasteiger partial charge in [-0.05, 0) is 31.2 Å². The number of pyridine rings is 1. The van der Waals surface area contributed by atoms with Gasteiger partial charge >= 0.3 is 5.97 Å². The largest absolute Gasteiger partial charge is 0.458 e. The Bertz CT molecular complexity index is 451. The van der Waals surface area contributed by atoms with Crippen molar-refractivity contribution in [2.24, 2.45) is 5.92 Å². The van der Waals surface area contributed by atoms with Crippen LogP contribution in [-0.2, 0) is 4.74 Å². The summed E-state index contributed by atoms with van der Waals surface area (Å²) in [5, 5.41) is 0.243. The minimum absolute atomic E-state index is 0.0161. The average molecular weight is 269 g/mol. The predicted molar refractivity (Wildman–Crippen MR) is 70.5 cm³/mol. The van der Waals surface area contributed by atoms with E-state index in [9.17, 15) is 4.79 Å². The van der Waals surface area contributed by atoms with Crippen molar-refractivity contribution in [3.63, 3.8) is 0 Å². The molecule has 1 saturated carbocycles. The minimum Gasteiger partial charge on any atom is -0.458 e. The van der Waals surface area contributed by atoms with Gasteiger partial charge in [0.15, 0.2) is 0 Å². The van der Waals surface area contributed by atoms with Crippen LogP contribution < -0.4 is 5.73 Å². The van der Waals surface area contributed by atoms with E-state index >= 15 is 0 Å². The van der Waals surface area contributed by atoms with Crippen molar-refractivity contribution in [3.8, 4) is 0 Å². The lowest BCUT2D eigenvalue weighted by Crippen LogP contribution is -2.28. The Morgan fingerprint density at radius 2 is 2.22 bits per heavy atom. The van der Waals surface area contributed by atoms with Gasteiger partial charge in [0.1, 0.15) is 11.3 Å². The Balaban J connectivity index is 2.09. The molecule has 0 bridgehead atoms. The Kier molecular flexibility index (Phi) is 4.07. The molecule has 0 saturated heterocycles. The van der Waals surface area contributed by atoms with Crippen LogP contribution in [0.1, 0.15) is 43.0 Å². The quantitative estimate of drug-likeness (QED) is 0.661. The maximum atomic E-state index is 12.0. The lowest BCUT2D eigenvalue weighted by Gasteiger charge is -2.28. The van der Waals surface area contributed by atoms with Crippen LogP contribution in [0.15, 0.2) is 12.3 Å². The van der Waals surface area contributed by atoms with Crippen LogP contribution in [0.5, 0.6) is 0 Å². The number of ether oxygens (including phenoxy) is 1. The van der Waals surface area contributed by atoms with Crippen molar-refractivity contribution in [2.75, 3.05) is 5.73 Å². The molecule has 1 aliphatic rings. The molecule has 0 radical (unpaired) electrons. The first kappa shape index (κ1) is 13.1. The molecule has 0 aliphatic heterocycles. The Morgan fingerprint density at radius 1 is 1.50 bits per heavy atom. The summed E-state index contributed by atoms with van der Waals surface area (Å²) in [4.78, 5) is 15.9. The molecule has 1 fully saturated rings. The molecular weight excluding hydrogens is 252 g/mol. The number of hydrogen-bond acceptors (Lipinski definition) is 4. The SMILES string of the molecule is CC1CCCCC1OC(=O)c1cc(Cl)ncc1N. The number of nitrogen functional groups attached to an aromatic ring is 1. The first-order chi connectivity index (χ1) is 8.58. The molecule has 98 valence electrons. The van der Waals surface area contributed by atoms with Crippen LogP contribution in [0, 0.1) is 5.92 Å². The van der Waals surface area contributed by atoms with E-state index < -0.39 is 5.97 Å². The van der Waals surface area contributed by atoms with Crippen molar-refractivity contribution < 1.29 is 9.53 Å². The Hall–Kier alpha value is -1.29. The molecule has 2 unspecified atom stereocenters. The van der Waals surface area contributed by atoms with E-state index in [1.54, 1.807) is 0 Å². The van der Waals surface area contributed by atoms with Crippen LogP contribution in [-0.4, -0.2) is 17.1 Å². The van der Waals surface area contributed by atoms with E-state index in [0.717, 1.165) is 19.3 Å². The van der Waals surface area contributed by atoms with Gasteiger partial charge in [0.2, 0.25) is 0 Å². The van der Waals surface area contributed by atoms with Gasteiger partial charge in [-0.25, -0.2) is 9.78 Å². The highest BCUT2D eigenvalue weighted by Crippen LogP contribution is 2.27. The fourth-order valence-corrected chi connectivity index (χ4v) is 2.43. The molecule has 2 atom stereocenters. The second kappa shape index (κ2) is 5.57. The number of aromatic nitrogens is 1. The number of carbonyl (C=O) groups excluding carboxylic acids is 1. The highest BCUT2D eigenvalue weighted by molar-refractivity contribution is 6.29. The second-order valence-electron chi connectivity index (χ2n) is 4.80. The first-order valence-electron chi connectivity index (χ1n) is 6.20. The first-order valence-corrected chi connectivity index (χ1v) is 6.57. The van der Waals surface area contributed by atoms with Crippen LogP contribution in [0.2, 0.25) is 5.15 Å². The van der Waals surface area contributed by atoms with Gasteiger partial charge in [0.25, 0.3) is 0 Å². The summed E-state index contributed by atoms with van der Waals surface area (Å²) in [7, 11) is 0. The van der Waals surface area contributed by atoms with E-state index in [1.807, 2.05) is 0 Å². The highest BCUT2D eigenvalue weighted by Gasteiger charge is 2.26. The molecule has 0 amide bonds. The topological polar surface area (TPSA) is 65.2 Å². The van der Waals surface area contributed by atoms with E-state index in [-0.39, 0.29) is 11.3 Å². The Labute approximate surface area is 111 Å². The van der Waals surface area contributed by atoms with Crippen molar-refractivity contribution in [2.45, 2.75) is 38.7 Å². The molecule has 4 nitrogen and oxygen atoms in total. The summed E-state index contributed by atoms with van der Waals surface area (Å²) >= 11 is 5.76. The number of carbonyl (C=O) groups is 1. The molecule has 1 aliphatic carbocycles. The molecule has 0 aromatic carbocycles. The molecule has 1 heterocycles. The third-order valence-electron chi connectivity index (χ3n) is 3.41. The third-order valence-corrected chi connectivity index (χ3v) is 3.62. The summed E-state index contributed by atoms with van der Waals surface area (Å²) in [5.41, 5.74) is 6.31. The average Bonchev–Trinajstić information content (AvgIpc) is 2.35. The number of hydrogen-bond donors (Lipinski definition) is 1. The van der Waals surface area contributed by atoms with Gasteiger partial charge in [-0.15, -0.1) is 0 Å². The van der Waals surface area contributed by atoms with Crippen molar-refractivity contribution in [1.29, 1.82) is 0 Å². The van der Waals surface area contributed by atoms with Gasteiger partial charge in [0.05, 0.1) is 17.4 Å². The number of esters is 1. The van der Waals surface area contributed by atoms with Crippen molar-refractivity contribution in [1.82, 2.24) is 4.98 Å². The normalized spacial score (nSPS) is 23.7. The zero-order valence-electron chi connectivity index (χ0n) is 10.4. The molecule has 1 aromatic heterocycles. The molecular formula is C13H17ClN2O2. The predicted octanol–water partition coefficient (Wildman–Crippen LogP) is 3.05. The maximum absolute atomic E-state index is 12.0. The summed E-state index contributed by atoms with van der Waals surface area (Å²) < 4.78 is 5.52. The second-order valence-corrected chi connectivity index (χ2v) is 5.19. The van der Waals surface area contributed by atoms with Crippen LogP contribution in [0.25, 0.3) is 0 Å². The van der Waals surface area contributed by atoms with Gasteiger partial charge in [-0.1, -0.05) is 24.9 Å². The molecule has 5 heteroatoms. The van der Waals surface area contributed by atoms with Crippen molar-refractivity contribution >= 4 is 23.3 Å². The summed E-state index contributed by atoms with van der Waals surface area (Å²) in [6, 6.07) is 1.45. The molecule has 1 aromatic rings. The number of nitrogens with zero attached hydrogens (tertiary/aromatic N) is 1. The van der Waals surface area contributed by atoms with Gasteiger partial charge in [-0.2, -0.15) is 0 Å². The maximum Gasteiger partial charge on any atom is 0.340 e. The van der Waals surface area contributed by atoms with E-state index in [4.69, 9.17) is 22.1 Å². The molecule has 18 heavy (non-hydrogen) atoms. The molecule has 0 spiro atoms. The fraction of sp³-hybridized carbons (Fsp3) is 0.538. The van der Waals surface area contributed by atoms with Gasteiger partial charge in [-0.3, -0.25) is 0 Å². The van der Waals surface area contributed by atoms with Crippen LogP contribution >= 0.6 is 11.6 Å². The third kappa shape index (κ3) is 2.93. The number of halogens is 1. The number of nitrogens with two attached hydrogens (primary N) is 1. The fourth-order valence-electron chi connectivity index (χ4n) is 2.28. The summed E-state index contributed by atoms with van der Waals surface area (Å²) in [5.74, 6) is -0.00298. The number of rotatable bonds is 2. The standard InChI is InChI=1S/C13H17ClN2O2/c1-8-4-2-3-5-11(8)18-13(17)9-6-12(14)16-7-10(9)15/h6-8,11H,2-5,15H2,1H3. The van der Waals surface area contributed by atoms with E-state index in [0.29, 0.717) is 17.2 Å². The van der Waals surface area contributed by atoms with Gasteiger partial charge in [0, 0.05) is 0 Å². The monoisotopic (exact) mass is 268 g/mol. The lowest BCUT2D eigenvalue weighted by molar-refractivity contribution is 0.00492. The van der Waals surface area contributed by atoms with E-state index in [2.05, 4.69) is 11.9 Å².